The maximum Gasteiger partial charge on any atom is 0.390 e. The van der Waals surface area contributed by atoms with Crippen LogP contribution in [-0.2, 0) is 24.9 Å². The summed E-state index contributed by atoms with van der Waals surface area (Å²) in [7, 11) is 1.92. The van der Waals surface area contributed by atoms with E-state index < -0.39 is 4.92 Å². The highest BCUT2D eigenvalue weighted by atomic mass is 16.6. The zero-order chi connectivity index (χ0) is 19.6. The molecule has 2 aromatic rings. The summed E-state index contributed by atoms with van der Waals surface area (Å²) >= 11 is 0. The van der Waals surface area contributed by atoms with Crippen molar-refractivity contribution < 1.29 is 9.72 Å². The van der Waals surface area contributed by atoms with Crippen molar-refractivity contribution in [3.63, 3.8) is 0 Å². The lowest BCUT2D eigenvalue weighted by Crippen LogP contribution is -2.48. The Morgan fingerprint density at radius 2 is 1.93 bits per heavy atom. The molecule has 3 rings (SSSR count). The van der Waals surface area contributed by atoms with Crippen molar-refractivity contribution in [3.05, 3.63) is 39.3 Å². The third-order valence-electron chi connectivity index (χ3n) is 4.93. The fraction of sp³-hybridized carbons (Fsp3) is 0.588. The van der Waals surface area contributed by atoms with E-state index in [1.165, 1.54) is 16.3 Å². The number of carbonyl (C=O) groups is 1. The van der Waals surface area contributed by atoms with E-state index in [2.05, 4.69) is 15.1 Å². The van der Waals surface area contributed by atoms with E-state index >= 15 is 0 Å². The first-order valence-electron chi connectivity index (χ1n) is 9.01. The Balaban J connectivity index is 1.47. The zero-order valence-corrected chi connectivity index (χ0v) is 16.0. The lowest BCUT2D eigenvalue weighted by molar-refractivity contribution is -0.389. The number of rotatable bonds is 6. The van der Waals surface area contributed by atoms with E-state index in [1.807, 2.05) is 29.7 Å². The van der Waals surface area contributed by atoms with Crippen molar-refractivity contribution >= 4 is 11.7 Å². The van der Waals surface area contributed by atoms with Gasteiger partial charge >= 0.3 is 5.82 Å². The van der Waals surface area contributed by atoms with E-state index in [0.717, 1.165) is 25.3 Å². The van der Waals surface area contributed by atoms with Crippen molar-refractivity contribution in [3.8, 4) is 0 Å². The van der Waals surface area contributed by atoms with Gasteiger partial charge in [-0.05, 0) is 18.8 Å². The van der Waals surface area contributed by atoms with E-state index in [0.29, 0.717) is 31.7 Å². The van der Waals surface area contributed by atoms with Gasteiger partial charge in [0.25, 0.3) is 0 Å². The quantitative estimate of drug-likeness (QED) is 0.548. The fourth-order valence-electron chi connectivity index (χ4n) is 3.37. The van der Waals surface area contributed by atoms with E-state index in [1.54, 1.807) is 6.92 Å². The van der Waals surface area contributed by atoms with Gasteiger partial charge in [-0.15, -0.1) is 0 Å². The third-order valence-corrected chi connectivity index (χ3v) is 4.93. The number of hydrogen-bond donors (Lipinski definition) is 0. The van der Waals surface area contributed by atoms with Crippen molar-refractivity contribution in [2.45, 2.75) is 33.4 Å². The molecule has 0 N–H and O–H groups in total. The molecule has 1 aliphatic rings. The van der Waals surface area contributed by atoms with Crippen molar-refractivity contribution in [2.24, 2.45) is 7.05 Å². The summed E-state index contributed by atoms with van der Waals surface area (Å²) < 4.78 is 3.35. The maximum atomic E-state index is 12.5. The highest BCUT2D eigenvalue weighted by Gasteiger charge is 2.23. The van der Waals surface area contributed by atoms with Crippen LogP contribution in [0, 0.1) is 24.0 Å². The fourth-order valence-corrected chi connectivity index (χ4v) is 3.37. The molecule has 3 heterocycles. The second kappa shape index (κ2) is 7.87. The normalized spacial score (nSPS) is 15.3. The van der Waals surface area contributed by atoms with E-state index in [-0.39, 0.29) is 11.7 Å². The Kier molecular flexibility index (Phi) is 5.54. The highest BCUT2D eigenvalue weighted by molar-refractivity contribution is 5.76. The average molecular weight is 375 g/mol. The molecule has 0 aliphatic carbocycles. The molecule has 0 saturated carbocycles. The smallest absolute Gasteiger partial charge is 0.358 e. The summed E-state index contributed by atoms with van der Waals surface area (Å²) in [6.07, 6.45) is 2.33. The van der Waals surface area contributed by atoms with Gasteiger partial charge in [-0.3, -0.25) is 14.4 Å². The molecule has 1 amide bonds. The molecule has 10 heteroatoms. The van der Waals surface area contributed by atoms with E-state index in [9.17, 15) is 14.9 Å². The van der Waals surface area contributed by atoms with Crippen LogP contribution in [0.3, 0.4) is 0 Å². The molecular formula is C17H25N7O3. The van der Waals surface area contributed by atoms with Crippen LogP contribution in [0.15, 0.2) is 12.3 Å². The summed E-state index contributed by atoms with van der Waals surface area (Å²) in [5, 5.41) is 19.1. The highest BCUT2D eigenvalue weighted by Crippen LogP contribution is 2.14. The van der Waals surface area contributed by atoms with Crippen LogP contribution in [0.25, 0.3) is 0 Å². The number of carbonyl (C=O) groups excluding carboxylic acids is 1. The number of aromatic nitrogens is 4. The van der Waals surface area contributed by atoms with Gasteiger partial charge in [-0.1, -0.05) is 0 Å². The Bertz CT molecular complexity index is 834. The van der Waals surface area contributed by atoms with Crippen molar-refractivity contribution in [1.82, 2.24) is 29.4 Å². The van der Waals surface area contributed by atoms with Gasteiger partial charge in [-0.2, -0.15) is 9.78 Å². The van der Waals surface area contributed by atoms with Gasteiger partial charge in [0.05, 0.1) is 29.1 Å². The Morgan fingerprint density at radius 1 is 1.22 bits per heavy atom. The topological polar surface area (TPSA) is 102 Å². The molecule has 2 aromatic heterocycles. The van der Waals surface area contributed by atoms with Crippen LogP contribution in [-0.4, -0.2) is 66.4 Å². The molecule has 0 atom stereocenters. The third kappa shape index (κ3) is 4.51. The van der Waals surface area contributed by atoms with Crippen LogP contribution in [0.5, 0.6) is 0 Å². The van der Waals surface area contributed by atoms with Gasteiger partial charge in [0.2, 0.25) is 5.91 Å². The average Bonchev–Trinajstić information content (AvgIpc) is 3.15. The minimum absolute atomic E-state index is 0.0600. The van der Waals surface area contributed by atoms with Crippen LogP contribution in [0.2, 0.25) is 0 Å². The van der Waals surface area contributed by atoms with E-state index in [4.69, 9.17) is 0 Å². The molecule has 10 nitrogen and oxygen atoms in total. The molecular weight excluding hydrogens is 350 g/mol. The maximum absolute atomic E-state index is 12.5. The Morgan fingerprint density at radius 3 is 2.48 bits per heavy atom. The minimum Gasteiger partial charge on any atom is -0.358 e. The molecule has 0 bridgehead atoms. The first kappa shape index (κ1) is 19.0. The summed E-state index contributed by atoms with van der Waals surface area (Å²) in [5.74, 6) is -0.121. The second-order valence-electron chi connectivity index (χ2n) is 6.94. The van der Waals surface area contributed by atoms with Crippen molar-refractivity contribution in [2.75, 3.05) is 26.2 Å². The largest absolute Gasteiger partial charge is 0.390 e. The second-order valence-corrected chi connectivity index (χ2v) is 6.94. The van der Waals surface area contributed by atoms with Crippen LogP contribution in [0.4, 0.5) is 5.82 Å². The van der Waals surface area contributed by atoms with Gasteiger partial charge in [-0.25, -0.2) is 0 Å². The molecule has 0 spiro atoms. The molecule has 146 valence electrons. The molecule has 0 radical (unpaired) electrons. The van der Waals surface area contributed by atoms with Gasteiger partial charge in [0, 0.05) is 58.0 Å². The first-order chi connectivity index (χ1) is 12.8. The SMILES string of the molecule is Cc1nn(C)cc1CN1CCN(C(=O)CCn2nc([N+](=O)[O-])cc2C)CC1. The summed E-state index contributed by atoms with van der Waals surface area (Å²) in [6, 6.07) is 1.42. The summed E-state index contributed by atoms with van der Waals surface area (Å²) in [4.78, 5) is 26.9. The van der Waals surface area contributed by atoms with Crippen LogP contribution >= 0.6 is 0 Å². The van der Waals surface area contributed by atoms with Crippen molar-refractivity contribution in [1.29, 1.82) is 0 Å². The first-order valence-corrected chi connectivity index (χ1v) is 9.01. The Hall–Kier alpha value is -2.75. The summed E-state index contributed by atoms with van der Waals surface area (Å²) in [6.45, 7) is 8.00. The van der Waals surface area contributed by atoms with Gasteiger partial charge in [0.1, 0.15) is 0 Å². The molecule has 1 fully saturated rings. The van der Waals surface area contributed by atoms with Gasteiger partial charge < -0.3 is 15.0 Å². The Labute approximate surface area is 157 Å². The van der Waals surface area contributed by atoms with Gasteiger partial charge in [0.15, 0.2) is 0 Å². The lowest BCUT2D eigenvalue weighted by atomic mass is 10.2. The number of aryl methyl sites for hydroxylation is 4. The predicted molar refractivity (Wildman–Crippen MR) is 98.0 cm³/mol. The summed E-state index contributed by atoms with van der Waals surface area (Å²) in [5.41, 5.74) is 2.94. The predicted octanol–water partition coefficient (Wildman–Crippen LogP) is 0.876. The number of nitrogens with zero attached hydrogens (tertiary/aromatic N) is 7. The monoisotopic (exact) mass is 375 g/mol. The number of hydrogen-bond acceptors (Lipinski definition) is 6. The van der Waals surface area contributed by atoms with Crippen LogP contribution < -0.4 is 0 Å². The molecule has 0 unspecified atom stereocenters. The molecule has 0 aromatic carbocycles. The molecule has 27 heavy (non-hydrogen) atoms. The number of amides is 1. The lowest BCUT2D eigenvalue weighted by Gasteiger charge is -2.34. The number of nitro groups is 1. The van der Waals surface area contributed by atoms with Crippen LogP contribution in [0.1, 0.15) is 23.4 Å². The zero-order valence-electron chi connectivity index (χ0n) is 16.0. The standard InChI is InChI=1S/C17H25N7O3/c1-13-10-16(24(26)27)19-23(13)5-4-17(25)22-8-6-21(7-9-22)12-15-11-20(3)18-14(15)2/h10-11H,4-9,12H2,1-3H3. The minimum atomic E-state index is -0.519. The molecule has 1 saturated heterocycles. The molecule has 1 aliphatic heterocycles. The number of piperazine rings is 1.